The van der Waals surface area contributed by atoms with Crippen molar-refractivity contribution >= 4 is 15.9 Å². The number of alkyl halides is 3. The molecule has 6 nitrogen and oxygen atoms in total. The van der Waals surface area contributed by atoms with E-state index in [0.29, 0.717) is 12.8 Å². The predicted molar refractivity (Wildman–Crippen MR) is 93.1 cm³/mol. The Morgan fingerprint density at radius 2 is 1.93 bits per heavy atom. The summed E-state index contributed by atoms with van der Waals surface area (Å²) < 4.78 is 69.6. The summed E-state index contributed by atoms with van der Waals surface area (Å²) in [6.07, 6.45) is -3.57. The van der Waals surface area contributed by atoms with Crippen molar-refractivity contribution in [3.8, 4) is 5.75 Å². The van der Waals surface area contributed by atoms with Gasteiger partial charge in [0.1, 0.15) is 10.6 Å². The average Bonchev–Trinajstić information content (AvgIpc) is 2.60. The predicted octanol–water partition coefficient (Wildman–Crippen LogP) is 2.80. The van der Waals surface area contributed by atoms with Crippen LogP contribution in [0.25, 0.3) is 0 Å². The van der Waals surface area contributed by atoms with E-state index in [9.17, 15) is 26.4 Å². The zero-order valence-electron chi connectivity index (χ0n) is 15.3. The second kappa shape index (κ2) is 8.05. The van der Waals surface area contributed by atoms with Gasteiger partial charge in [-0.25, -0.2) is 12.7 Å². The molecule has 1 aliphatic rings. The molecule has 1 aliphatic carbocycles. The van der Waals surface area contributed by atoms with Gasteiger partial charge in [-0.3, -0.25) is 4.79 Å². The summed E-state index contributed by atoms with van der Waals surface area (Å²) in [5.41, 5.74) is 0.0466. The number of nitrogens with zero attached hydrogens (tertiary/aromatic N) is 1. The van der Waals surface area contributed by atoms with Crippen molar-refractivity contribution in [3.63, 3.8) is 0 Å². The minimum absolute atomic E-state index is 0.0466. The van der Waals surface area contributed by atoms with Gasteiger partial charge in [-0.1, -0.05) is 6.42 Å². The number of ether oxygens (including phenoxy) is 1. The van der Waals surface area contributed by atoms with Crippen LogP contribution in [0, 0.1) is 5.92 Å². The van der Waals surface area contributed by atoms with Gasteiger partial charge < -0.3 is 10.1 Å². The lowest BCUT2D eigenvalue weighted by atomic mass is 9.85. The fraction of sp³-hybridized carbons (Fsp3) is 0.588. The summed E-state index contributed by atoms with van der Waals surface area (Å²) in [7, 11) is 0.147. The highest BCUT2D eigenvalue weighted by atomic mass is 32.2. The summed E-state index contributed by atoms with van der Waals surface area (Å²) >= 11 is 0. The molecule has 0 bridgehead atoms. The van der Waals surface area contributed by atoms with Crippen LogP contribution in [0.4, 0.5) is 13.2 Å². The highest BCUT2D eigenvalue weighted by Crippen LogP contribution is 2.37. The van der Waals surface area contributed by atoms with Crippen LogP contribution >= 0.6 is 0 Å². The quantitative estimate of drug-likeness (QED) is 0.813. The van der Waals surface area contributed by atoms with Crippen molar-refractivity contribution in [2.75, 3.05) is 21.2 Å². The number of rotatable bonds is 5. The molecule has 10 heteroatoms. The molecule has 0 aromatic heterocycles. The van der Waals surface area contributed by atoms with E-state index in [-0.39, 0.29) is 29.1 Å². The fourth-order valence-corrected chi connectivity index (χ4v) is 4.18. The maximum absolute atomic E-state index is 12.9. The Hall–Kier alpha value is -1.81. The van der Waals surface area contributed by atoms with E-state index in [4.69, 9.17) is 4.74 Å². The van der Waals surface area contributed by atoms with Crippen LogP contribution in [0.1, 0.15) is 36.0 Å². The van der Waals surface area contributed by atoms with Gasteiger partial charge >= 0.3 is 6.18 Å². The first-order valence-electron chi connectivity index (χ1n) is 8.45. The van der Waals surface area contributed by atoms with E-state index in [1.54, 1.807) is 0 Å². The zero-order valence-corrected chi connectivity index (χ0v) is 16.2. The molecule has 2 unspecified atom stereocenters. The molecule has 0 spiro atoms. The minimum atomic E-state index is -4.28. The lowest BCUT2D eigenvalue weighted by molar-refractivity contribution is -0.183. The Morgan fingerprint density at radius 1 is 1.26 bits per heavy atom. The molecule has 1 aromatic carbocycles. The number of nitrogens with one attached hydrogen (secondary N) is 1. The maximum atomic E-state index is 12.9. The molecule has 1 saturated carbocycles. The second-order valence-corrected chi connectivity index (χ2v) is 8.85. The van der Waals surface area contributed by atoms with E-state index >= 15 is 0 Å². The number of amides is 1. The monoisotopic (exact) mass is 408 g/mol. The van der Waals surface area contributed by atoms with Gasteiger partial charge in [0.2, 0.25) is 10.0 Å². The SMILES string of the molecule is COc1ccc(C(=O)NC2CCCC(C(F)(F)F)C2)cc1S(=O)(=O)N(C)C. The molecule has 27 heavy (non-hydrogen) atoms. The molecular formula is C17H23F3N2O4S. The molecule has 0 aliphatic heterocycles. The summed E-state index contributed by atoms with van der Waals surface area (Å²) in [5, 5.41) is 2.59. The summed E-state index contributed by atoms with van der Waals surface area (Å²) in [5.74, 6) is -1.96. The number of carbonyl (C=O) groups is 1. The van der Waals surface area contributed by atoms with E-state index < -0.39 is 34.1 Å². The number of benzene rings is 1. The first-order chi connectivity index (χ1) is 12.5. The van der Waals surface area contributed by atoms with Crippen LogP contribution in [0.5, 0.6) is 5.75 Å². The molecular weight excluding hydrogens is 385 g/mol. The van der Waals surface area contributed by atoms with Gasteiger partial charge in [0.25, 0.3) is 5.91 Å². The number of methoxy groups -OCH3 is 1. The molecule has 1 N–H and O–H groups in total. The molecule has 0 radical (unpaired) electrons. The van der Waals surface area contributed by atoms with Gasteiger partial charge in [-0.15, -0.1) is 0 Å². The highest BCUT2D eigenvalue weighted by molar-refractivity contribution is 7.89. The summed E-state index contributed by atoms with van der Waals surface area (Å²) in [4.78, 5) is 12.3. The Bertz CT molecular complexity index is 794. The first-order valence-corrected chi connectivity index (χ1v) is 9.89. The van der Waals surface area contributed by atoms with Crippen LogP contribution in [0.2, 0.25) is 0 Å². The minimum Gasteiger partial charge on any atom is -0.495 e. The maximum Gasteiger partial charge on any atom is 0.391 e. The van der Waals surface area contributed by atoms with E-state index in [1.807, 2.05) is 0 Å². The van der Waals surface area contributed by atoms with Gasteiger partial charge in [0.15, 0.2) is 0 Å². The van der Waals surface area contributed by atoms with Crippen molar-refractivity contribution in [1.29, 1.82) is 0 Å². The molecule has 0 saturated heterocycles. The van der Waals surface area contributed by atoms with Gasteiger partial charge in [0, 0.05) is 25.7 Å². The number of carbonyl (C=O) groups excluding carboxylic acids is 1. The Labute approximate surface area is 156 Å². The fourth-order valence-electron chi connectivity index (χ4n) is 3.10. The molecule has 1 amide bonds. The van der Waals surface area contributed by atoms with Crippen LogP contribution < -0.4 is 10.1 Å². The number of hydrogen-bond acceptors (Lipinski definition) is 4. The number of halogens is 3. The largest absolute Gasteiger partial charge is 0.495 e. The van der Waals surface area contributed by atoms with Crippen LogP contribution in [0.15, 0.2) is 23.1 Å². The molecule has 1 aromatic rings. The lowest BCUT2D eigenvalue weighted by Gasteiger charge is -2.31. The summed E-state index contributed by atoms with van der Waals surface area (Å²) in [6, 6.07) is 3.31. The Balaban J connectivity index is 2.22. The number of hydrogen-bond donors (Lipinski definition) is 1. The first kappa shape index (κ1) is 21.5. The van der Waals surface area contributed by atoms with Crippen LogP contribution in [-0.4, -0.2) is 52.1 Å². The number of sulfonamides is 1. The van der Waals surface area contributed by atoms with Crippen LogP contribution in [0.3, 0.4) is 0 Å². The van der Waals surface area contributed by atoms with Crippen LogP contribution in [-0.2, 0) is 10.0 Å². The Kier molecular flexibility index (Phi) is 6.41. The van der Waals surface area contributed by atoms with E-state index in [0.717, 1.165) is 4.31 Å². The normalized spacial score (nSPS) is 21.1. The third-order valence-electron chi connectivity index (χ3n) is 4.66. The smallest absolute Gasteiger partial charge is 0.391 e. The van der Waals surface area contributed by atoms with Crippen molar-refractivity contribution in [2.45, 2.75) is 42.8 Å². The van der Waals surface area contributed by atoms with E-state index in [1.165, 1.54) is 39.4 Å². The van der Waals surface area contributed by atoms with Gasteiger partial charge in [0.05, 0.1) is 13.0 Å². The van der Waals surface area contributed by atoms with E-state index in [2.05, 4.69) is 5.32 Å². The molecule has 2 atom stereocenters. The zero-order chi connectivity index (χ0) is 20.4. The highest BCUT2D eigenvalue weighted by Gasteiger charge is 2.42. The van der Waals surface area contributed by atoms with Crippen molar-refractivity contribution in [1.82, 2.24) is 9.62 Å². The molecule has 152 valence electrons. The summed E-state index contributed by atoms with van der Waals surface area (Å²) in [6.45, 7) is 0. The van der Waals surface area contributed by atoms with Gasteiger partial charge in [-0.2, -0.15) is 13.2 Å². The second-order valence-electron chi connectivity index (χ2n) is 6.73. The standard InChI is InChI=1S/C17H23F3N2O4S/c1-22(2)27(24,25)15-9-11(7-8-14(15)26-3)16(23)21-13-6-4-5-12(10-13)17(18,19)20/h7-9,12-13H,4-6,10H2,1-3H3,(H,21,23). The van der Waals surface area contributed by atoms with Crippen molar-refractivity contribution < 1.29 is 31.1 Å². The lowest BCUT2D eigenvalue weighted by Crippen LogP contribution is -2.41. The topological polar surface area (TPSA) is 75.7 Å². The molecule has 0 heterocycles. The Morgan fingerprint density at radius 3 is 2.48 bits per heavy atom. The average molecular weight is 408 g/mol. The third kappa shape index (κ3) is 4.92. The third-order valence-corrected chi connectivity index (χ3v) is 6.49. The van der Waals surface area contributed by atoms with Crippen molar-refractivity contribution in [3.05, 3.63) is 23.8 Å². The molecule has 1 fully saturated rings. The van der Waals surface area contributed by atoms with Crippen molar-refractivity contribution in [2.24, 2.45) is 5.92 Å². The van der Waals surface area contributed by atoms with Gasteiger partial charge in [-0.05, 0) is 37.5 Å². The molecule has 2 rings (SSSR count).